The van der Waals surface area contributed by atoms with E-state index >= 15 is 0 Å². The summed E-state index contributed by atoms with van der Waals surface area (Å²) < 4.78 is 24.4. The van der Waals surface area contributed by atoms with Crippen LogP contribution in [0.3, 0.4) is 0 Å². The number of amides is 2. The molecule has 1 saturated heterocycles. The maximum Gasteiger partial charge on any atom is 0.317 e. The zero-order valence-corrected chi connectivity index (χ0v) is 15.0. The molecule has 0 saturated carbocycles. The van der Waals surface area contributed by atoms with Gasteiger partial charge in [0.25, 0.3) is 0 Å². The fourth-order valence-corrected chi connectivity index (χ4v) is 3.33. The quantitative estimate of drug-likeness (QED) is 0.898. The number of carbonyl (C=O) groups excluding carboxylic acids is 1. The second kappa shape index (κ2) is 7.84. The van der Waals surface area contributed by atoms with Crippen LogP contribution in [0, 0.1) is 5.82 Å². The first-order chi connectivity index (χ1) is 13.2. The van der Waals surface area contributed by atoms with E-state index in [1.54, 1.807) is 23.1 Å². The van der Waals surface area contributed by atoms with Gasteiger partial charge in [0, 0.05) is 44.8 Å². The number of hydrogen-bond donors (Lipinski definition) is 1. The predicted molar refractivity (Wildman–Crippen MR) is 98.1 cm³/mol. The van der Waals surface area contributed by atoms with E-state index in [1.807, 2.05) is 18.2 Å². The average molecular weight is 371 g/mol. The summed E-state index contributed by atoms with van der Waals surface area (Å²) in [6.45, 7) is 4.16. The number of nitrogens with one attached hydrogen (secondary N) is 1. The van der Waals surface area contributed by atoms with Crippen LogP contribution in [0.4, 0.5) is 9.18 Å². The van der Waals surface area contributed by atoms with Crippen molar-refractivity contribution >= 4 is 6.03 Å². The first kappa shape index (κ1) is 17.6. The molecule has 0 unspecified atom stereocenters. The lowest BCUT2D eigenvalue weighted by Crippen LogP contribution is -2.51. The molecule has 1 fully saturated rings. The lowest BCUT2D eigenvalue weighted by molar-refractivity contribution is 0.135. The van der Waals surface area contributed by atoms with Crippen LogP contribution in [0.2, 0.25) is 0 Å². The number of ether oxygens (including phenoxy) is 2. The number of halogens is 1. The van der Waals surface area contributed by atoms with Gasteiger partial charge in [0.05, 0.1) is 0 Å². The third-order valence-corrected chi connectivity index (χ3v) is 4.89. The highest BCUT2D eigenvalue weighted by Gasteiger charge is 2.22. The Morgan fingerprint density at radius 1 is 1.04 bits per heavy atom. The molecular weight excluding hydrogens is 349 g/mol. The largest absolute Gasteiger partial charge is 0.454 e. The zero-order chi connectivity index (χ0) is 18.6. The molecule has 0 bridgehead atoms. The number of benzene rings is 2. The number of hydrogen-bond acceptors (Lipinski definition) is 4. The fourth-order valence-electron chi connectivity index (χ4n) is 3.33. The molecule has 2 heterocycles. The number of fused-ring (bicyclic) bond motifs is 1. The normalized spacial score (nSPS) is 16.4. The number of urea groups is 1. The van der Waals surface area contributed by atoms with Gasteiger partial charge in [0.2, 0.25) is 6.79 Å². The van der Waals surface area contributed by atoms with Crippen LogP contribution in [0.15, 0.2) is 42.5 Å². The van der Waals surface area contributed by atoms with Crippen LogP contribution in [0.1, 0.15) is 11.1 Å². The summed E-state index contributed by atoms with van der Waals surface area (Å²) in [5, 5.41) is 2.80. The molecular formula is C20H22FN3O3. The average Bonchev–Trinajstić information content (AvgIpc) is 3.15. The molecule has 2 aromatic carbocycles. The molecule has 0 atom stereocenters. The van der Waals surface area contributed by atoms with Crippen LogP contribution < -0.4 is 14.8 Å². The van der Waals surface area contributed by atoms with Crippen molar-refractivity contribution in [2.45, 2.75) is 13.1 Å². The molecule has 0 radical (unpaired) electrons. The molecule has 2 aromatic rings. The minimum Gasteiger partial charge on any atom is -0.454 e. The standard InChI is InChI=1S/C20H22FN3O3/c21-17-4-2-1-3-16(17)12-22-20(25)24-9-7-23(8-10-24)13-15-5-6-18-19(11-15)27-14-26-18/h1-6,11H,7-10,12-14H2,(H,22,25). The van der Waals surface area contributed by atoms with Gasteiger partial charge in [-0.2, -0.15) is 0 Å². The molecule has 0 aliphatic carbocycles. The van der Waals surface area contributed by atoms with Gasteiger partial charge in [0.15, 0.2) is 11.5 Å². The van der Waals surface area contributed by atoms with Gasteiger partial charge in [-0.25, -0.2) is 9.18 Å². The van der Waals surface area contributed by atoms with E-state index in [-0.39, 0.29) is 25.2 Å². The van der Waals surface area contributed by atoms with Gasteiger partial charge in [-0.1, -0.05) is 24.3 Å². The van der Waals surface area contributed by atoms with Crippen molar-refractivity contribution in [2.75, 3.05) is 33.0 Å². The molecule has 0 spiro atoms. The first-order valence-corrected chi connectivity index (χ1v) is 9.06. The van der Waals surface area contributed by atoms with Gasteiger partial charge in [-0.15, -0.1) is 0 Å². The molecule has 27 heavy (non-hydrogen) atoms. The Hall–Kier alpha value is -2.80. The maximum absolute atomic E-state index is 13.6. The van der Waals surface area contributed by atoms with Crippen molar-refractivity contribution in [3.05, 3.63) is 59.4 Å². The summed E-state index contributed by atoms with van der Waals surface area (Å²) in [6, 6.07) is 12.3. The monoisotopic (exact) mass is 371 g/mol. The smallest absolute Gasteiger partial charge is 0.317 e. The Bertz CT molecular complexity index is 822. The van der Waals surface area contributed by atoms with Gasteiger partial charge >= 0.3 is 6.03 Å². The summed E-state index contributed by atoms with van der Waals surface area (Å²) in [6.07, 6.45) is 0. The van der Waals surface area contributed by atoms with Gasteiger partial charge in [-0.05, 0) is 23.8 Å². The Morgan fingerprint density at radius 2 is 1.81 bits per heavy atom. The molecule has 142 valence electrons. The third kappa shape index (κ3) is 4.14. The molecule has 4 rings (SSSR count). The predicted octanol–water partition coefficient (Wildman–Crippen LogP) is 2.58. The van der Waals surface area contributed by atoms with Crippen molar-refractivity contribution in [1.82, 2.24) is 15.1 Å². The second-order valence-electron chi connectivity index (χ2n) is 6.70. The topological polar surface area (TPSA) is 54.0 Å². The Labute approximate surface area is 157 Å². The SMILES string of the molecule is O=C(NCc1ccccc1F)N1CCN(Cc2ccc3c(c2)OCO3)CC1. The lowest BCUT2D eigenvalue weighted by atomic mass is 10.1. The molecule has 2 aliphatic rings. The molecule has 1 N–H and O–H groups in total. The summed E-state index contributed by atoms with van der Waals surface area (Å²) in [5.74, 6) is 1.28. The first-order valence-electron chi connectivity index (χ1n) is 9.06. The third-order valence-electron chi connectivity index (χ3n) is 4.89. The van der Waals surface area contributed by atoms with Crippen molar-refractivity contribution in [3.63, 3.8) is 0 Å². The molecule has 7 heteroatoms. The number of carbonyl (C=O) groups is 1. The van der Waals surface area contributed by atoms with E-state index in [0.29, 0.717) is 18.7 Å². The van der Waals surface area contributed by atoms with Crippen molar-refractivity contribution in [3.8, 4) is 11.5 Å². The van der Waals surface area contributed by atoms with Gasteiger partial charge in [-0.3, -0.25) is 4.90 Å². The van der Waals surface area contributed by atoms with E-state index in [0.717, 1.165) is 36.7 Å². The van der Waals surface area contributed by atoms with Crippen LogP contribution in [0.25, 0.3) is 0 Å². The second-order valence-corrected chi connectivity index (χ2v) is 6.70. The Kier molecular flexibility index (Phi) is 5.11. The lowest BCUT2D eigenvalue weighted by Gasteiger charge is -2.34. The van der Waals surface area contributed by atoms with E-state index in [9.17, 15) is 9.18 Å². The number of nitrogens with zero attached hydrogens (tertiary/aromatic N) is 2. The highest BCUT2D eigenvalue weighted by Crippen LogP contribution is 2.32. The molecule has 6 nitrogen and oxygen atoms in total. The Balaban J connectivity index is 1.25. The molecule has 0 aromatic heterocycles. The zero-order valence-electron chi connectivity index (χ0n) is 15.0. The van der Waals surface area contributed by atoms with Crippen molar-refractivity contribution in [2.24, 2.45) is 0 Å². The van der Waals surface area contributed by atoms with Crippen LogP contribution >= 0.6 is 0 Å². The van der Waals surface area contributed by atoms with Crippen molar-refractivity contribution < 1.29 is 18.7 Å². The van der Waals surface area contributed by atoms with Crippen LogP contribution in [-0.2, 0) is 13.1 Å². The number of piperazine rings is 1. The summed E-state index contributed by atoms with van der Waals surface area (Å²) in [7, 11) is 0. The van der Waals surface area contributed by atoms with E-state index < -0.39 is 0 Å². The van der Waals surface area contributed by atoms with Crippen LogP contribution in [-0.4, -0.2) is 48.8 Å². The molecule has 2 aliphatic heterocycles. The Morgan fingerprint density at radius 3 is 2.63 bits per heavy atom. The van der Waals surface area contributed by atoms with Gasteiger partial charge in [0.1, 0.15) is 5.82 Å². The number of rotatable bonds is 4. The van der Waals surface area contributed by atoms with Crippen LogP contribution in [0.5, 0.6) is 11.5 Å². The highest BCUT2D eigenvalue weighted by atomic mass is 19.1. The van der Waals surface area contributed by atoms with Crippen molar-refractivity contribution in [1.29, 1.82) is 0 Å². The van der Waals surface area contributed by atoms with E-state index in [4.69, 9.17) is 9.47 Å². The summed E-state index contributed by atoms with van der Waals surface area (Å²) in [5.41, 5.74) is 1.66. The van der Waals surface area contributed by atoms with Gasteiger partial charge < -0.3 is 19.7 Å². The highest BCUT2D eigenvalue weighted by molar-refractivity contribution is 5.74. The van der Waals surface area contributed by atoms with E-state index in [1.165, 1.54) is 6.07 Å². The van der Waals surface area contributed by atoms with E-state index in [2.05, 4.69) is 10.2 Å². The summed E-state index contributed by atoms with van der Waals surface area (Å²) >= 11 is 0. The summed E-state index contributed by atoms with van der Waals surface area (Å²) in [4.78, 5) is 16.4. The fraction of sp³-hybridized carbons (Fsp3) is 0.350. The minimum atomic E-state index is -0.300. The minimum absolute atomic E-state index is 0.152. The maximum atomic E-state index is 13.6. The molecule has 2 amide bonds.